The van der Waals surface area contributed by atoms with Gasteiger partial charge in [-0.3, -0.25) is 4.90 Å². The van der Waals surface area contributed by atoms with Gasteiger partial charge in [0.25, 0.3) is 0 Å². The molecule has 2 aromatic rings. The zero-order chi connectivity index (χ0) is 13.4. The summed E-state index contributed by atoms with van der Waals surface area (Å²) in [4.78, 5) is 4.14. The third-order valence-corrected chi connectivity index (χ3v) is 5.17. The van der Waals surface area contributed by atoms with Crippen molar-refractivity contribution in [1.82, 2.24) is 4.90 Å². The number of thiophene rings is 1. The lowest BCUT2D eigenvalue weighted by atomic mass is 10.1. The van der Waals surface area contributed by atoms with Crippen molar-refractivity contribution in [1.29, 1.82) is 0 Å². The first kappa shape index (κ1) is 14.9. The molecule has 2 nitrogen and oxygen atoms in total. The SMILES string of the molecule is Cl.c1csc(CN(Cc2cccc3c2NCC3)C2CC2)c1. The van der Waals surface area contributed by atoms with Crippen molar-refractivity contribution in [3.63, 3.8) is 0 Å². The average Bonchev–Trinajstić information content (AvgIpc) is 2.98. The summed E-state index contributed by atoms with van der Waals surface area (Å²) >= 11 is 1.88. The maximum Gasteiger partial charge on any atom is 0.0419 e. The van der Waals surface area contributed by atoms with Crippen LogP contribution in [0.4, 0.5) is 5.69 Å². The average molecular weight is 321 g/mol. The first-order valence-electron chi connectivity index (χ1n) is 7.51. The maximum absolute atomic E-state index is 3.57. The molecule has 0 amide bonds. The molecule has 0 bridgehead atoms. The minimum Gasteiger partial charge on any atom is -0.384 e. The number of para-hydroxylation sites is 1. The van der Waals surface area contributed by atoms with Gasteiger partial charge < -0.3 is 5.32 Å². The molecule has 0 unspecified atom stereocenters. The van der Waals surface area contributed by atoms with Crippen molar-refractivity contribution < 1.29 is 0 Å². The molecule has 0 saturated heterocycles. The number of rotatable bonds is 5. The fourth-order valence-electron chi connectivity index (χ4n) is 3.12. The van der Waals surface area contributed by atoms with Crippen molar-refractivity contribution in [3.05, 3.63) is 51.7 Å². The van der Waals surface area contributed by atoms with Gasteiger partial charge in [-0.05, 0) is 41.8 Å². The molecule has 0 spiro atoms. The van der Waals surface area contributed by atoms with Crippen LogP contribution in [0.5, 0.6) is 0 Å². The van der Waals surface area contributed by atoms with E-state index in [2.05, 4.69) is 45.9 Å². The molecule has 1 aliphatic carbocycles. The van der Waals surface area contributed by atoms with E-state index in [1.807, 2.05) is 11.3 Å². The second-order valence-electron chi connectivity index (χ2n) is 5.84. The van der Waals surface area contributed by atoms with Gasteiger partial charge in [0, 0.05) is 36.2 Å². The standard InChI is InChI=1S/C17H20N2S.ClH/c1-3-13-8-9-18-17(13)14(4-1)11-19(15-6-7-15)12-16-5-2-10-20-16;/h1-5,10,15,18H,6-9,11-12H2;1H. The van der Waals surface area contributed by atoms with Crippen LogP contribution >= 0.6 is 23.7 Å². The number of hydrogen-bond donors (Lipinski definition) is 1. The minimum absolute atomic E-state index is 0. The number of halogens is 1. The van der Waals surface area contributed by atoms with Crippen LogP contribution in [0, 0.1) is 0 Å². The molecule has 0 radical (unpaired) electrons. The number of hydrogen-bond acceptors (Lipinski definition) is 3. The normalized spacial score (nSPS) is 16.4. The van der Waals surface area contributed by atoms with Crippen LogP contribution in [-0.4, -0.2) is 17.5 Å². The topological polar surface area (TPSA) is 15.3 Å². The van der Waals surface area contributed by atoms with E-state index in [0.717, 1.165) is 25.7 Å². The Morgan fingerprint density at radius 2 is 2.05 bits per heavy atom. The smallest absolute Gasteiger partial charge is 0.0419 e. The second-order valence-corrected chi connectivity index (χ2v) is 6.88. The van der Waals surface area contributed by atoms with Gasteiger partial charge in [-0.2, -0.15) is 0 Å². The molecule has 4 heteroatoms. The van der Waals surface area contributed by atoms with Crippen LogP contribution in [0.15, 0.2) is 35.7 Å². The van der Waals surface area contributed by atoms with Gasteiger partial charge >= 0.3 is 0 Å². The lowest BCUT2D eigenvalue weighted by Gasteiger charge is -2.22. The highest BCUT2D eigenvalue weighted by Crippen LogP contribution is 2.33. The van der Waals surface area contributed by atoms with Gasteiger partial charge in [0.2, 0.25) is 0 Å². The molecule has 1 aromatic carbocycles. The molecule has 112 valence electrons. The Morgan fingerprint density at radius 1 is 1.14 bits per heavy atom. The van der Waals surface area contributed by atoms with Gasteiger partial charge in [-0.25, -0.2) is 0 Å². The zero-order valence-corrected chi connectivity index (χ0v) is 13.7. The number of nitrogens with zero attached hydrogens (tertiary/aromatic N) is 1. The monoisotopic (exact) mass is 320 g/mol. The lowest BCUT2D eigenvalue weighted by Crippen LogP contribution is -2.25. The van der Waals surface area contributed by atoms with Gasteiger partial charge in [0.15, 0.2) is 0 Å². The first-order valence-corrected chi connectivity index (χ1v) is 8.39. The molecule has 1 N–H and O–H groups in total. The van der Waals surface area contributed by atoms with E-state index in [0.29, 0.717) is 0 Å². The molecule has 0 atom stereocenters. The summed E-state index contributed by atoms with van der Waals surface area (Å²) in [5.74, 6) is 0. The Morgan fingerprint density at radius 3 is 2.81 bits per heavy atom. The molecule has 21 heavy (non-hydrogen) atoms. The number of fused-ring (bicyclic) bond motifs is 1. The first-order chi connectivity index (χ1) is 9.90. The third kappa shape index (κ3) is 3.25. The second kappa shape index (κ2) is 6.39. The molecule has 1 aliphatic heterocycles. The predicted molar refractivity (Wildman–Crippen MR) is 92.5 cm³/mol. The summed E-state index contributed by atoms with van der Waals surface area (Å²) in [5, 5.41) is 5.75. The van der Waals surface area contributed by atoms with E-state index in [4.69, 9.17) is 0 Å². The van der Waals surface area contributed by atoms with E-state index in [9.17, 15) is 0 Å². The van der Waals surface area contributed by atoms with Crippen LogP contribution in [0.1, 0.15) is 28.8 Å². The molecule has 1 aromatic heterocycles. The number of nitrogens with one attached hydrogen (secondary N) is 1. The van der Waals surface area contributed by atoms with Gasteiger partial charge in [0.1, 0.15) is 0 Å². The number of benzene rings is 1. The van der Waals surface area contributed by atoms with Crippen molar-refractivity contribution >= 4 is 29.4 Å². The highest BCUT2D eigenvalue weighted by Gasteiger charge is 2.30. The molecule has 4 rings (SSSR count). The summed E-state index contributed by atoms with van der Waals surface area (Å²) in [6.07, 6.45) is 3.92. The predicted octanol–water partition coefficient (Wildman–Crippen LogP) is 4.30. The van der Waals surface area contributed by atoms with E-state index >= 15 is 0 Å². The van der Waals surface area contributed by atoms with E-state index in [1.54, 1.807) is 0 Å². The molecule has 2 heterocycles. The fraction of sp³-hybridized carbons (Fsp3) is 0.412. The van der Waals surface area contributed by atoms with Crippen molar-refractivity contribution in [2.45, 2.75) is 38.4 Å². The fourth-order valence-corrected chi connectivity index (χ4v) is 3.85. The molecule has 2 aliphatic rings. The molecule has 1 saturated carbocycles. The van der Waals surface area contributed by atoms with E-state index in [-0.39, 0.29) is 12.4 Å². The molecule has 1 fully saturated rings. The molecular formula is C17H21ClN2S. The number of anilines is 1. The van der Waals surface area contributed by atoms with E-state index < -0.39 is 0 Å². The zero-order valence-electron chi connectivity index (χ0n) is 12.0. The maximum atomic E-state index is 3.57. The summed E-state index contributed by atoms with van der Waals surface area (Å²) < 4.78 is 0. The van der Waals surface area contributed by atoms with Crippen LogP contribution in [0.25, 0.3) is 0 Å². The van der Waals surface area contributed by atoms with Gasteiger partial charge in [-0.15, -0.1) is 23.7 Å². The largest absolute Gasteiger partial charge is 0.384 e. The van der Waals surface area contributed by atoms with Gasteiger partial charge in [0.05, 0.1) is 0 Å². The van der Waals surface area contributed by atoms with E-state index in [1.165, 1.54) is 41.0 Å². The van der Waals surface area contributed by atoms with Crippen LogP contribution in [0.2, 0.25) is 0 Å². The van der Waals surface area contributed by atoms with Gasteiger partial charge in [-0.1, -0.05) is 24.3 Å². The Bertz CT molecular complexity index is 593. The third-order valence-electron chi connectivity index (χ3n) is 4.31. The highest BCUT2D eigenvalue weighted by molar-refractivity contribution is 7.09. The Hall–Kier alpha value is -1.03. The summed E-state index contributed by atoms with van der Waals surface area (Å²) in [5.41, 5.74) is 4.38. The molecular weight excluding hydrogens is 300 g/mol. The summed E-state index contributed by atoms with van der Waals surface area (Å²) in [7, 11) is 0. The Labute approximate surface area is 136 Å². The Balaban J connectivity index is 0.00000132. The Kier molecular flexibility index (Phi) is 4.53. The minimum atomic E-state index is 0. The van der Waals surface area contributed by atoms with Crippen LogP contribution < -0.4 is 5.32 Å². The quantitative estimate of drug-likeness (QED) is 0.883. The lowest BCUT2D eigenvalue weighted by molar-refractivity contribution is 0.248. The van der Waals surface area contributed by atoms with Crippen LogP contribution in [0.3, 0.4) is 0 Å². The van der Waals surface area contributed by atoms with Crippen LogP contribution in [-0.2, 0) is 19.5 Å². The van der Waals surface area contributed by atoms with Crippen molar-refractivity contribution in [2.75, 3.05) is 11.9 Å². The summed E-state index contributed by atoms with van der Waals surface area (Å²) in [6.45, 7) is 3.28. The summed E-state index contributed by atoms with van der Waals surface area (Å²) in [6, 6.07) is 12.0. The van der Waals surface area contributed by atoms with Crippen molar-refractivity contribution in [3.8, 4) is 0 Å². The van der Waals surface area contributed by atoms with Crippen molar-refractivity contribution in [2.24, 2.45) is 0 Å². The highest BCUT2D eigenvalue weighted by atomic mass is 35.5.